The largest absolute Gasteiger partial charge is 0.397 e. The normalized spacial score (nSPS) is 10.6. The molecule has 0 saturated heterocycles. The molecule has 5 heteroatoms. The Bertz CT molecular complexity index is 636. The summed E-state index contributed by atoms with van der Waals surface area (Å²) in [5.41, 5.74) is 6.60. The second-order valence-corrected chi connectivity index (χ2v) is 5.61. The quantitative estimate of drug-likeness (QED) is 0.872. The van der Waals surface area contributed by atoms with Crippen LogP contribution in [-0.4, -0.2) is 23.9 Å². The lowest BCUT2D eigenvalue weighted by Crippen LogP contribution is -2.30. The first-order valence-corrected chi connectivity index (χ1v) is 7.15. The van der Waals surface area contributed by atoms with E-state index in [0.29, 0.717) is 28.7 Å². The number of benzene rings is 1. The van der Waals surface area contributed by atoms with Gasteiger partial charge in [0.15, 0.2) is 0 Å². The zero-order valence-corrected chi connectivity index (χ0v) is 12.2. The Balaban J connectivity index is 2.47. The molecule has 19 heavy (non-hydrogen) atoms. The number of fused-ring (bicyclic) bond motifs is 1. The van der Waals surface area contributed by atoms with Crippen LogP contribution in [0, 0.1) is 0 Å². The number of hydrogen-bond donors (Lipinski definition) is 1. The molecular weight excluding hydrogens is 280 g/mol. The molecule has 1 aromatic heterocycles. The van der Waals surface area contributed by atoms with Gasteiger partial charge in [-0.15, -0.1) is 17.9 Å². The van der Waals surface area contributed by atoms with E-state index in [2.05, 4.69) is 6.58 Å². The van der Waals surface area contributed by atoms with E-state index in [9.17, 15) is 4.79 Å². The van der Waals surface area contributed by atoms with Gasteiger partial charge in [-0.05, 0) is 25.1 Å². The number of rotatable bonds is 4. The molecule has 0 atom stereocenters. The highest BCUT2D eigenvalue weighted by Crippen LogP contribution is 2.35. The molecule has 2 aromatic rings. The number of likely N-dealkylation sites (N-methyl/N-ethyl adjacent to an activating group) is 1. The summed E-state index contributed by atoms with van der Waals surface area (Å²) in [5, 5.41) is 1.53. The summed E-state index contributed by atoms with van der Waals surface area (Å²) in [6.07, 6.45) is 1.71. The van der Waals surface area contributed by atoms with Crippen molar-refractivity contribution in [3.05, 3.63) is 40.8 Å². The van der Waals surface area contributed by atoms with E-state index in [4.69, 9.17) is 17.3 Å². The molecule has 0 fully saturated rings. The first-order valence-electron chi connectivity index (χ1n) is 5.96. The Morgan fingerprint density at radius 1 is 1.58 bits per heavy atom. The van der Waals surface area contributed by atoms with Crippen molar-refractivity contribution in [3.63, 3.8) is 0 Å². The lowest BCUT2D eigenvalue weighted by Gasteiger charge is -2.18. The molecular formula is C14H15ClN2OS. The molecule has 0 spiro atoms. The van der Waals surface area contributed by atoms with E-state index in [1.807, 2.05) is 19.1 Å². The fourth-order valence-electron chi connectivity index (χ4n) is 1.90. The van der Waals surface area contributed by atoms with Crippen molar-refractivity contribution in [1.82, 2.24) is 4.90 Å². The number of halogens is 1. The summed E-state index contributed by atoms with van der Waals surface area (Å²) in [4.78, 5) is 14.7. The Labute approximate surface area is 121 Å². The minimum atomic E-state index is -0.0581. The minimum absolute atomic E-state index is 0.0581. The van der Waals surface area contributed by atoms with Gasteiger partial charge in [0.1, 0.15) is 4.88 Å². The second-order valence-electron chi connectivity index (χ2n) is 4.12. The van der Waals surface area contributed by atoms with Gasteiger partial charge in [0, 0.05) is 28.2 Å². The van der Waals surface area contributed by atoms with Crippen LogP contribution < -0.4 is 5.73 Å². The monoisotopic (exact) mass is 294 g/mol. The Morgan fingerprint density at radius 2 is 2.32 bits per heavy atom. The second kappa shape index (κ2) is 5.63. The van der Waals surface area contributed by atoms with E-state index in [0.717, 1.165) is 10.1 Å². The number of nitrogen functional groups attached to an aromatic ring is 1. The van der Waals surface area contributed by atoms with Crippen LogP contribution in [0.15, 0.2) is 30.9 Å². The lowest BCUT2D eigenvalue weighted by molar-refractivity contribution is 0.0788. The Kier molecular flexibility index (Phi) is 4.12. The van der Waals surface area contributed by atoms with Gasteiger partial charge in [0.05, 0.1) is 5.69 Å². The highest BCUT2D eigenvalue weighted by Gasteiger charge is 2.20. The fourth-order valence-corrected chi connectivity index (χ4v) is 3.27. The van der Waals surface area contributed by atoms with Gasteiger partial charge in [0.25, 0.3) is 5.91 Å². The van der Waals surface area contributed by atoms with Gasteiger partial charge in [-0.2, -0.15) is 0 Å². The van der Waals surface area contributed by atoms with Gasteiger partial charge in [-0.25, -0.2) is 0 Å². The number of nitrogens with zero attached hydrogens (tertiary/aromatic N) is 1. The van der Waals surface area contributed by atoms with Gasteiger partial charge in [0.2, 0.25) is 0 Å². The molecule has 100 valence electrons. The van der Waals surface area contributed by atoms with Crippen LogP contribution in [0.25, 0.3) is 10.1 Å². The molecule has 3 nitrogen and oxygen atoms in total. The highest BCUT2D eigenvalue weighted by molar-refractivity contribution is 7.21. The van der Waals surface area contributed by atoms with Gasteiger partial charge in [-0.3, -0.25) is 4.79 Å². The third-order valence-corrected chi connectivity index (χ3v) is 4.29. The smallest absolute Gasteiger partial charge is 0.266 e. The summed E-state index contributed by atoms with van der Waals surface area (Å²) in [6.45, 7) is 6.74. The SMILES string of the molecule is C=CCN(CC)C(=O)c1sc2cc(Cl)ccc2c1N. The number of carbonyl (C=O) groups is 1. The number of hydrogen-bond acceptors (Lipinski definition) is 3. The number of thiophene rings is 1. The van der Waals surface area contributed by atoms with E-state index >= 15 is 0 Å². The van der Waals surface area contributed by atoms with Crippen molar-refractivity contribution in [1.29, 1.82) is 0 Å². The topological polar surface area (TPSA) is 46.3 Å². The summed E-state index contributed by atoms with van der Waals surface area (Å²) < 4.78 is 0.933. The fraction of sp³-hybridized carbons (Fsp3) is 0.214. The summed E-state index contributed by atoms with van der Waals surface area (Å²) in [5.74, 6) is -0.0581. The van der Waals surface area contributed by atoms with Crippen LogP contribution in [0.1, 0.15) is 16.6 Å². The molecule has 2 N–H and O–H groups in total. The van der Waals surface area contributed by atoms with Crippen LogP contribution in [0.4, 0.5) is 5.69 Å². The predicted octanol–water partition coefficient (Wildman–Crippen LogP) is 3.79. The van der Waals surface area contributed by atoms with E-state index in [-0.39, 0.29) is 5.91 Å². The van der Waals surface area contributed by atoms with Crippen molar-refractivity contribution in [2.24, 2.45) is 0 Å². The van der Waals surface area contributed by atoms with E-state index in [1.54, 1.807) is 17.0 Å². The molecule has 1 heterocycles. The maximum Gasteiger partial charge on any atom is 0.266 e. The maximum atomic E-state index is 12.4. The Morgan fingerprint density at radius 3 is 2.95 bits per heavy atom. The van der Waals surface area contributed by atoms with E-state index in [1.165, 1.54) is 11.3 Å². The molecule has 0 bridgehead atoms. The van der Waals surface area contributed by atoms with Crippen molar-refractivity contribution in [3.8, 4) is 0 Å². The van der Waals surface area contributed by atoms with Crippen LogP contribution in [0.5, 0.6) is 0 Å². The van der Waals surface area contributed by atoms with Gasteiger partial charge < -0.3 is 10.6 Å². The standard InChI is InChI=1S/C14H15ClN2OS/c1-3-7-17(4-2)14(18)13-12(16)10-6-5-9(15)8-11(10)19-13/h3,5-6,8H,1,4,7,16H2,2H3. The van der Waals surface area contributed by atoms with Crippen LogP contribution in [-0.2, 0) is 0 Å². The van der Waals surface area contributed by atoms with Crippen molar-refractivity contribution < 1.29 is 4.79 Å². The zero-order chi connectivity index (χ0) is 14.0. The molecule has 0 aliphatic carbocycles. The molecule has 1 aromatic carbocycles. The summed E-state index contributed by atoms with van der Waals surface area (Å²) >= 11 is 7.34. The van der Waals surface area contributed by atoms with Crippen LogP contribution in [0.3, 0.4) is 0 Å². The number of anilines is 1. The lowest BCUT2D eigenvalue weighted by atomic mass is 10.2. The zero-order valence-electron chi connectivity index (χ0n) is 10.6. The number of amides is 1. The third-order valence-electron chi connectivity index (χ3n) is 2.90. The number of carbonyl (C=O) groups excluding carboxylic acids is 1. The molecule has 0 radical (unpaired) electrons. The van der Waals surface area contributed by atoms with E-state index < -0.39 is 0 Å². The Hall–Kier alpha value is -1.52. The van der Waals surface area contributed by atoms with Crippen LogP contribution >= 0.6 is 22.9 Å². The van der Waals surface area contributed by atoms with Crippen LogP contribution in [0.2, 0.25) is 5.02 Å². The van der Waals surface area contributed by atoms with Gasteiger partial charge >= 0.3 is 0 Å². The molecule has 0 aliphatic rings. The first-order chi connectivity index (χ1) is 9.08. The predicted molar refractivity (Wildman–Crippen MR) is 83.0 cm³/mol. The minimum Gasteiger partial charge on any atom is -0.397 e. The van der Waals surface area contributed by atoms with Crippen molar-refractivity contribution in [2.75, 3.05) is 18.8 Å². The van der Waals surface area contributed by atoms with Gasteiger partial charge in [-0.1, -0.05) is 17.7 Å². The number of nitrogens with two attached hydrogens (primary N) is 1. The molecule has 0 unspecified atom stereocenters. The summed E-state index contributed by atoms with van der Waals surface area (Å²) in [6, 6.07) is 5.46. The molecule has 1 amide bonds. The highest BCUT2D eigenvalue weighted by atomic mass is 35.5. The third kappa shape index (κ3) is 2.60. The molecule has 2 rings (SSSR count). The average Bonchev–Trinajstić information content (AvgIpc) is 2.72. The molecule has 0 aliphatic heterocycles. The van der Waals surface area contributed by atoms with Crippen molar-refractivity contribution in [2.45, 2.75) is 6.92 Å². The maximum absolute atomic E-state index is 12.4. The first kappa shape index (κ1) is 13.9. The average molecular weight is 295 g/mol. The summed E-state index contributed by atoms with van der Waals surface area (Å²) in [7, 11) is 0. The van der Waals surface area contributed by atoms with Crippen molar-refractivity contribution >= 4 is 44.6 Å². The molecule has 0 saturated carbocycles.